The van der Waals surface area contributed by atoms with Gasteiger partial charge in [-0.15, -0.1) is 0 Å². The Kier molecular flexibility index (Phi) is 3.87. The van der Waals surface area contributed by atoms with Crippen LogP contribution in [-0.2, 0) is 14.6 Å². The number of hydrogen-bond acceptors (Lipinski definition) is 4. The lowest BCUT2D eigenvalue weighted by molar-refractivity contribution is -0.120. The summed E-state index contributed by atoms with van der Waals surface area (Å²) in [5.41, 5.74) is 1.91. The van der Waals surface area contributed by atoms with Gasteiger partial charge < -0.3 is 9.80 Å². The van der Waals surface area contributed by atoms with Crippen molar-refractivity contribution in [3.05, 3.63) is 24.3 Å². The number of carbonyl (C=O) groups excluding carboxylic acids is 1. The van der Waals surface area contributed by atoms with Crippen molar-refractivity contribution in [2.24, 2.45) is 0 Å². The van der Waals surface area contributed by atoms with E-state index in [0.29, 0.717) is 19.4 Å². The Bertz CT molecular complexity index is 799. The van der Waals surface area contributed by atoms with E-state index in [1.54, 1.807) is 18.7 Å². The minimum absolute atomic E-state index is 0.280. The summed E-state index contributed by atoms with van der Waals surface area (Å²) in [6.07, 6.45) is 4.75. The molecule has 25 heavy (non-hydrogen) atoms. The molecule has 0 bridgehead atoms. The van der Waals surface area contributed by atoms with Crippen LogP contribution in [0.3, 0.4) is 0 Å². The van der Waals surface area contributed by atoms with Crippen molar-refractivity contribution in [1.82, 2.24) is 0 Å². The van der Waals surface area contributed by atoms with Crippen LogP contribution in [0.2, 0.25) is 0 Å². The summed E-state index contributed by atoms with van der Waals surface area (Å²) in [4.78, 5) is 17.5. The van der Waals surface area contributed by atoms with Gasteiger partial charge in [0.1, 0.15) is 4.75 Å². The molecule has 1 aliphatic carbocycles. The van der Waals surface area contributed by atoms with Gasteiger partial charge in [-0.05, 0) is 58.1 Å². The second kappa shape index (κ2) is 5.73. The first-order chi connectivity index (χ1) is 11.8. The molecule has 4 rings (SSSR count). The Morgan fingerprint density at radius 2 is 1.76 bits per heavy atom. The Labute approximate surface area is 149 Å². The number of anilines is 2. The second-order valence-corrected chi connectivity index (χ2v) is 10.8. The van der Waals surface area contributed by atoms with Crippen LogP contribution in [0, 0.1) is 0 Å². The second-order valence-electron chi connectivity index (χ2n) is 8.00. The van der Waals surface area contributed by atoms with Crippen LogP contribution in [0.15, 0.2) is 24.3 Å². The van der Waals surface area contributed by atoms with E-state index in [1.165, 1.54) is 6.42 Å². The van der Waals surface area contributed by atoms with Crippen LogP contribution in [-0.4, -0.2) is 43.5 Å². The van der Waals surface area contributed by atoms with Gasteiger partial charge in [0.15, 0.2) is 9.84 Å². The third-order valence-corrected chi connectivity index (χ3v) is 8.88. The smallest absolute Gasteiger partial charge is 0.248 e. The Morgan fingerprint density at radius 1 is 1.08 bits per heavy atom. The molecule has 0 N–H and O–H groups in total. The number of nitrogens with zero attached hydrogens (tertiary/aromatic N) is 2. The molecule has 3 aliphatic rings. The van der Waals surface area contributed by atoms with Gasteiger partial charge in [-0.25, -0.2) is 8.42 Å². The number of sulfone groups is 1. The highest BCUT2D eigenvalue weighted by Gasteiger charge is 2.53. The summed E-state index contributed by atoms with van der Waals surface area (Å²) in [6, 6.07) is 8.19. The third-order valence-electron chi connectivity index (χ3n) is 5.94. The zero-order chi connectivity index (χ0) is 17.8. The molecule has 1 amide bonds. The highest BCUT2D eigenvalue weighted by atomic mass is 32.2. The number of fused-ring (bicyclic) bond motifs is 3. The summed E-state index contributed by atoms with van der Waals surface area (Å²) in [5, 5.41) is -0.335. The van der Waals surface area contributed by atoms with Crippen LogP contribution < -0.4 is 9.80 Å². The van der Waals surface area contributed by atoms with Gasteiger partial charge in [0.05, 0.1) is 16.6 Å². The zero-order valence-corrected chi connectivity index (χ0v) is 15.8. The summed E-state index contributed by atoms with van der Waals surface area (Å²) in [6.45, 7) is 4.75. The molecule has 6 heteroatoms. The highest BCUT2D eigenvalue weighted by Crippen LogP contribution is 2.42. The monoisotopic (exact) mass is 362 g/mol. The largest absolute Gasteiger partial charge is 0.365 e. The van der Waals surface area contributed by atoms with Crippen molar-refractivity contribution in [2.75, 3.05) is 22.9 Å². The fourth-order valence-corrected chi connectivity index (χ4v) is 6.13. The SMILES string of the molecule is CC(C)(C(=O)N1CC2CCCCN2c2ccccc21)S(=O)(=O)C1CC1. The molecular formula is C19H26N2O3S. The van der Waals surface area contributed by atoms with Crippen molar-refractivity contribution in [1.29, 1.82) is 0 Å². The van der Waals surface area contributed by atoms with E-state index >= 15 is 0 Å². The van der Waals surface area contributed by atoms with Gasteiger partial charge in [-0.1, -0.05) is 12.1 Å². The number of para-hydroxylation sites is 2. The fourth-order valence-electron chi connectivity index (χ4n) is 4.19. The normalized spacial score (nSPS) is 23.8. The summed E-state index contributed by atoms with van der Waals surface area (Å²) >= 11 is 0. The zero-order valence-electron chi connectivity index (χ0n) is 14.9. The Balaban J connectivity index is 1.73. The number of piperidine rings is 1. The van der Waals surface area contributed by atoms with Crippen LogP contribution in [0.4, 0.5) is 11.4 Å². The first-order valence-corrected chi connectivity index (χ1v) is 10.8. The average Bonchev–Trinajstić information content (AvgIpc) is 3.46. The van der Waals surface area contributed by atoms with E-state index in [4.69, 9.17) is 0 Å². The quantitative estimate of drug-likeness (QED) is 0.830. The summed E-state index contributed by atoms with van der Waals surface area (Å²) < 4.78 is 24.3. The maximum atomic E-state index is 13.4. The molecule has 1 unspecified atom stereocenters. The van der Waals surface area contributed by atoms with Crippen molar-refractivity contribution < 1.29 is 13.2 Å². The van der Waals surface area contributed by atoms with E-state index < -0.39 is 14.6 Å². The predicted molar refractivity (Wildman–Crippen MR) is 99.8 cm³/mol. The molecule has 1 saturated heterocycles. The Morgan fingerprint density at radius 3 is 2.44 bits per heavy atom. The lowest BCUT2D eigenvalue weighted by Gasteiger charge is -2.47. The predicted octanol–water partition coefficient (Wildman–Crippen LogP) is 2.75. The number of rotatable bonds is 3. The van der Waals surface area contributed by atoms with Crippen LogP contribution >= 0.6 is 0 Å². The van der Waals surface area contributed by atoms with E-state index in [9.17, 15) is 13.2 Å². The van der Waals surface area contributed by atoms with Crippen LogP contribution in [0.1, 0.15) is 46.0 Å². The Hall–Kier alpha value is -1.56. The average molecular weight is 362 g/mol. The molecule has 0 radical (unpaired) electrons. The maximum Gasteiger partial charge on any atom is 0.248 e. The lowest BCUT2D eigenvalue weighted by atomic mass is 9.96. The van der Waals surface area contributed by atoms with Crippen molar-refractivity contribution >= 4 is 27.1 Å². The van der Waals surface area contributed by atoms with Crippen molar-refractivity contribution in [2.45, 2.75) is 62.0 Å². The maximum absolute atomic E-state index is 13.4. The minimum Gasteiger partial charge on any atom is -0.365 e. The van der Waals surface area contributed by atoms with Crippen LogP contribution in [0.25, 0.3) is 0 Å². The molecule has 1 aromatic carbocycles. The molecule has 5 nitrogen and oxygen atoms in total. The van der Waals surface area contributed by atoms with Crippen molar-refractivity contribution in [3.63, 3.8) is 0 Å². The van der Waals surface area contributed by atoms with E-state index in [2.05, 4.69) is 11.0 Å². The van der Waals surface area contributed by atoms with Gasteiger partial charge in [0, 0.05) is 19.1 Å². The molecule has 1 atom stereocenters. The van der Waals surface area contributed by atoms with Gasteiger partial charge >= 0.3 is 0 Å². The number of amides is 1. The van der Waals surface area contributed by atoms with E-state index in [0.717, 1.165) is 30.8 Å². The van der Waals surface area contributed by atoms with Crippen LogP contribution in [0.5, 0.6) is 0 Å². The summed E-state index contributed by atoms with van der Waals surface area (Å²) in [5.74, 6) is -0.280. The number of benzene rings is 1. The molecular weight excluding hydrogens is 336 g/mol. The van der Waals surface area contributed by atoms with Gasteiger partial charge in [0.2, 0.25) is 5.91 Å². The minimum atomic E-state index is -3.45. The van der Waals surface area contributed by atoms with Gasteiger partial charge in [0.25, 0.3) is 0 Å². The molecule has 1 aromatic rings. The van der Waals surface area contributed by atoms with Gasteiger partial charge in [-0.3, -0.25) is 4.79 Å². The standard InChI is InChI=1S/C19H26N2O3S/c1-19(2,25(23,24)15-10-11-15)18(22)21-13-14-7-5-6-12-20(14)16-8-3-4-9-17(16)21/h3-4,8-9,14-15H,5-7,10-13H2,1-2H3. The first kappa shape index (κ1) is 16.9. The molecule has 136 valence electrons. The molecule has 0 spiro atoms. The molecule has 2 heterocycles. The first-order valence-electron chi connectivity index (χ1n) is 9.25. The van der Waals surface area contributed by atoms with E-state index in [1.807, 2.05) is 18.2 Å². The van der Waals surface area contributed by atoms with Crippen molar-refractivity contribution in [3.8, 4) is 0 Å². The van der Waals surface area contributed by atoms with E-state index in [-0.39, 0.29) is 17.2 Å². The summed E-state index contributed by atoms with van der Waals surface area (Å²) in [7, 11) is -3.45. The molecule has 2 fully saturated rings. The molecule has 0 aromatic heterocycles. The number of carbonyl (C=O) groups is 1. The molecule has 1 saturated carbocycles. The highest BCUT2D eigenvalue weighted by molar-refractivity contribution is 7.94. The van der Waals surface area contributed by atoms with Gasteiger partial charge in [-0.2, -0.15) is 0 Å². The lowest BCUT2D eigenvalue weighted by Crippen LogP contribution is -2.58. The fraction of sp³-hybridized carbons (Fsp3) is 0.632. The molecule has 2 aliphatic heterocycles. The topological polar surface area (TPSA) is 57.7 Å². The third kappa shape index (κ3) is 2.57. The number of hydrogen-bond donors (Lipinski definition) is 0.